The van der Waals surface area contributed by atoms with Crippen LogP contribution in [0.25, 0.3) is 5.69 Å². The summed E-state index contributed by atoms with van der Waals surface area (Å²) in [6, 6.07) is 12.9. The van der Waals surface area contributed by atoms with E-state index >= 15 is 0 Å². The third-order valence-electron chi connectivity index (χ3n) is 4.31. The minimum atomic E-state index is -0.422. The summed E-state index contributed by atoms with van der Waals surface area (Å²) in [4.78, 5) is 25.6. The summed E-state index contributed by atoms with van der Waals surface area (Å²) in [5, 5.41) is 6.91. The van der Waals surface area contributed by atoms with Crippen LogP contribution in [0.3, 0.4) is 0 Å². The predicted molar refractivity (Wildman–Crippen MR) is 107 cm³/mol. The Morgan fingerprint density at radius 3 is 2.48 bits per heavy atom. The number of carbonyl (C=O) groups excluding carboxylic acids is 2. The molecule has 8 heteroatoms. The van der Waals surface area contributed by atoms with Gasteiger partial charge in [0.25, 0.3) is 11.8 Å². The number of benzene rings is 2. The lowest BCUT2D eigenvalue weighted by atomic mass is 10.2. The number of rotatable bonds is 6. The van der Waals surface area contributed by atoms with Crippen LogP contribution in [0.2, 0.25) is 0 Å². The Balaban J connectivity index is 1.68. The Bertz CT molecular complexity index is 1030. The number of halogens is 1. The number of hydrogen-bond donors (Lipinski definition) is 1. The summed E-state index contributed by atoms with van der Waals surface area (Å²) < 4.78 is 20.8. The number of aromatic nitrogens is 2. The first-order chi connectivity index (χ1) is 13.9. The van der Waals surface area contributed by atoms with E-state index in [1.165, 1.54) is 21.8 Å². The van der Waals surface area contributed by atoms with Crippen LogP contribution < -0.4 is 10.1 Å². The number of anilines is 1. The second-order valence-electron chi connectivity index (χ2n) is 6.56. The highest BCUT2D eigenvalue weighted by Crippen LogP contribution is 2.20. The summed E-state index contributed by atoms with van der Waals surface area (Å²) in [5.41, 5.74) is 1.69. The quantitative estimate of drug-likeness (QED) is 0.695. The number of likely N-dealkylation sites (N-methyl/N-ethyl adjacent to an activating group) is 1. The van der Waals surface area contributed by atoms with Crippen LogP contribution >= 0.6 is 0 Å². The standard InChI is InChI=1S/C21H21FN4O3/c1-14-17(12-23-26(14)19-7-5-4-6-18(19)22)21(28)24-15-8-10-16(11-9-15)29-13-20(27)25(2)3/h4-12H,13H2,1-3H3,(H,24,28). The molecule has 2 amide bonds. The van der Waals surface area contributed by atoms with Gasteiger partial charge in [0, 0.05) is 19.8 Å². The van der Waals surface area contributed by atoms with Crippen LogP contribution in [0.4, 0.5) is 10.1 Å². The van der Waals surface area contributed by atoms with Crippen molar-refractivity contribution in [2.24, 2.45) is 0 Å². The SMILES string of the molecule is Cc1c(C(=O)Nc2ccc(OCC(=O)N(C)C)cc2)cnn1-c1ccccc1F. The van der Waals surface area contributed by atoms with Gasteiger partial charge in [-0.15, -0.1) is 0 Å². The minimum absolute atomic E-state index is 0.0624. The molecule has 0 aliphatic rings. The number of nitrogens with one attached hydrogen (secondary N) is 1. The molecule has 7 nitrogen and oxygen atoms in total. The van der Waals surface area contributed by atoms with Crippen LogP contribution in [0.5, 0.6) is 5.75 Å². The third kappa shape index (κ3) is 4.60. The summed E-state index contributed by atoms with van der Waals surface area (Å²) in [7, 11) is 3.31. The molecule has 0 saturated heterocycles. The molecule has 1 aromatic heterocycles. The highest BCUT2D eigenvalue weighted by atomic mass is 19.1. The van der Waals surface area contributed by atoms with Crippen molar-refractivity contribution in [1.29, 1.82) is 0 Å². The van der Waals surface area contributed by atoms with Crippen molar-refractivity contribution in [2.75, 3.05) is 26.0 Å². The van der Waals surface area contributed by atoms with Gasteiger partial charge >= 0.3 is 0 Å². The molecule has 29 heavy (non-hydrogen) atoms. The molecule has 1 heterocycles. The lowest BCUT2D eigenvalue weighted by molar-refractivity contribution is -0.130. The molecule has 0 saturated carbocycles. The van der Waals surface area contributed by atoms with E-state index in [1.54, 1.807) is 63.5 Å². The van der Waals surface area contributed by atoms with Crippen molar-refractivity contribution < 1.29 is 18.7 Å². The van der Waals surface area contributed by atoms with Crippen LogP contribution in [0.1, 0.15) is 16.1 Å². The molecule has 0 aliphatic heterocycles. The lowest BCUT2D eigenvalue weighted by Gasteiger charge is -2.12. The fraction of sp³-hybridized carbons (Fsp3) is 0.190. The molecule has 1 N–H and O–H groups in total. The molecule has 3 aromatic rings. The Morgan fingerprint density at radius 1 is 1.14 bits per heavy atom. The van der Waals surface area contributed by atoms with Crippen molar-refractivity contribution in [3.63, 3.8) is 0 Å². The predicted octanol–water partition coefficient (Wildman–Crippen LogP) is 3.04. The van der Waals surface area contributed by atoms with Crippen LogP contribution in [-0.2, 0) is 4.79 Å². The number of ether oxygens (including phenoxy) is 1. The lowest BCUT2D eigenvalue weighted by Crippen LogP contribution is -2.27. The zero-order chi connectivity index (χ0) is 21.0. The molecule has 0 aliphatic carbocycles. The Hall–Kier alpha value is -3.68. The number of nitrogens with zero attached hydrogens (tertiary/aromatic N) is 3. The van der Waals surface area contributed by atoms with Gasteiger partial charge in [-0.05, 0) is 43.3 Å². The molecule has 0 fully saturated rings. The largest absolute Gasteiger partial charge is 0.484 e. The van der Waals surface area contributed by atoms with E-state index in [0.29, 0.717) is 22.7 Å². The molecule has 150 valence electrons. The monoisotopic (exact) mass is 396 g/mol. The van der Waals surface area contributed by atoms with Crippen molar-refractivity contribution in [3.8, 4) is 11.4 Å². The maximum atomic E-state index is 14.0. The topological polar surface area (TPSA) is 76.5 Å². The van der Waals surface area contributed by atoms with E-state index in [-0.39, 0.29) is 24.1 Å². The van der Waals surface area contributed by atoms with Gasteiger partial charge in [-0.3, -0.25) is 9.59 Å². The van der Waals surface area contributed by atoms with Crippen LogP contribution in [0, 0.1) is 12.7 Å². The molecule has 2 aromatic carbocycles. The van der Waals surface area contributed by atoms with E-state index in [0.717, 1.165) is 0 Å². The van der Waals surface area contributed by atoms with E-state index in [1.807, 2.05) is 0 Å². The Morgan fingerprint density at radius 2 is 1.83 bits per heavy atom. The number of carbonyl (C=O) groups is 2. The first-order valence-corrected chi connectivity index (χ1v) is 8.90. The van der Waals surface area contributed by atoms with Gasteiger partial charge in [-0.1, -0.05) is 12.1 Å². The van der Waals surface area contributed by atoms with Gasteiger partial charge in [0.1, 0.15) is 17.3 Å². The van der Waals surface area contributed by atoms with Crippen LogP contribution in [0.15, 0.2) is 54.7 Å². The first-order valence-electron chi connectivity index (χ1n) is 8.90. The maximum Gasteiger partial charge on any atom is 0.259 e. The van der Waals surface area contributed by atoms with E-state index in [4.69, 9.17) is 4.74 Å². The molecule has 0 radical (unpaired) electrons. The van der Waals surface area contributed by atoms with Crippen molar-refractivity contribution in [2.45, 2.75) is 6.92 Å². The highest BCUT2D eigenvalue weighted by Gasteiger charge is 2.17. The van der Waals surface area contributed by atoms with Gasteiger partial charge in [0.05, 0.1) is 17.5 Å². The Kier molecular flexibility index (Phi) is 5.92. The van der Waals surface area contributed by atoms with Gasteiger partial charge < -0.3 is 15.0 Å². The Labute approximate surface area is 167 Å². The highest BCUT2D eigenvalue weighted by molar-refractivity contribution is 6.05. The average molecular weight is 396 g/mol. The molecule has 0 unspecified atom stereocenters. The average Bonchev–Trinajstić information content (AvgIpc) is 3.08. The fourth-order valence-electron chi connectivity index (χ4n) is 2.61. The zero-order valence-corrected chi connectivity index (χ0v) is 16.3. The molecule has 3 rings (SSSR count). The van der Waals surface area contributed by atoms with Gasteiger partial charge in [0.15, 0.2) is 6.61 Å². The summed E-state index contributed by atoms with van der Waals surface area (Å²) in [6.07, 6.45) is 1.40. The number of amides is 2. The second kappa shape index (κ2) is 8.55. The summed E-state index contributed by atoms with van der Waals surface area (Å²) >= 11 is 0. The third-order valence-corrected chi connectivity index (χ3v) is 4.31. The molecule has 0 atom stereocenters. The van der Waals surface area contributed by atoms with E-state index < -0.39 is 5.82 Å². The van der Waals surface area contributed by atoms with E-state index in [2.05, 4.69) is 10.4 Å². The fourth-order valence-corrected chi connectivity index (χ4v) is 2.61. The van der Waals surface area contributed by atoms with Gasteiger partial charge in [0.2, 0.25) is 0 Å². The molecular weight excluding hydrogens is 375 g/mol. The van der Waals surface area contributed by atoms with Crippen molar-refractivity contribution in [1.82, 2.24) is 14.7 Å². The normalized spacial score (nSPS) is 10.5. The minimum Gasteiger partial charge on any atom is -0.484 e. The van der Waals surface area contributed by atoms with Crippen molar-refractivity contribution >= 4 is 17.5 Å². The zero-order valence-electron chi connectivity index (χ0n) is 16.3. The summed E-state index contributed by atoms with van der Waals surface area (Å²) in [5.74, 6) is -0.415. The number of hydrogen-bond acceptors (Lipinski definition) is 4. The smallest absolute Gasteiger partial charge is 0.259 e. The number of para-hydroxylation sites is 1. The summed E-state index contributed by atoms with van der Waals surface area (Å²) in [6.45, 7) is 1.64. The van der Waals surface area contributed by atoms with Crippen molar-refractivity contribution in [3.05, 3.63) is 71.8 Å². The van der Waals surface area contributed by atoms with Gasteiger partial charge in [-0.25, -0.2) is 9.07 Å². The molecule has 0 bridgehead atoms. The maximum absolute atomic E-state index is 14.0. The van der Waals surface area contributed by atoms with Gasteiger partial charge in [-0.2, -0.15) is 5.10 Å². The molecular formula is C21H21FN4O3. The van der Waals surface area contributed by atoms with Crippen LogP contribution in [-0.4, -0.2) is 47.2 Å². The first kappa shape index (κ1) is 20.1. The second-order valence-corrected chi connectivity index (χ2v) is 6.56. The van der Waals surface area contributed by atoms with E-state index in [9.17, 15) is 14.0 Å². The molecule has 0 spiro atoms.